The largest absolute Gasteiger partial charge is 0.493 e. The number of rotatable bonds is 7. The van der Waals surface area contributed by atoms with E-state index in [1.165, 1.54) is 0 Å². The van der Waals surface area contributed by atoms with Gasteiger partial charge in [-0.25, -0.2) is 0 Å². The van der Waals surface area contributed by atoms with Crippen molar-refractivity contribution in [2.24, 2.45) is 5.92 Å². The van der Waals surface area contributed by atoms with Gasteiger partial charge in [0.15, 0.2) is 0 Å². The van der Waals surface area contributed by atoms with Crippen LogP contribution in [0.1, 0.15) is 19.4 Å². The maximum absolute atomic E-state index is 11.6. The van der Waals surface area contributed by atoms with E-state index in [1.54, 1.807) is 0 Å². The molecule has 1 unspecified atom stereocenters. The molecule has 0 amide bonds. The Labute approximate surface area is 111 Å². The second kappa shape index (κ2) is 7.88. The van der Waals surface area contributed by atoms with Crippen LogP contribution >= 0.6 is 0 Å². The molecule has 1 atom stereocenters. The normalized spacial score (nSPS) is 12.1. The molecule has 1 aromatic carbocycles. The first-order valence-electron chi connectivity index (χ1n) is 6.05. The molecule has 0 aliphatic rings. The first-order valence-corrected chi connectivity index (χ1v) is 7.54. The Balaban J connectivity index is 2.31. The summed E-state index contributed by atoms with van der Waals surface area (Å²) in [6.45, 7) is 4.59. The Morgan fingerprint density at radius 3 is 2.56 bits per heavy atom. The molecule has 0 aliphatic heterocycles. The van der Waals surface area contributed by atoms with Crippen LogP contribution in [0.15, 0.2) is 24.3 Å². The monoisotopic (exact) mass is 265 g/mol. The summed E-state index contributed by atoms with van der Waals surface area (Å²) in [4.78, 5) is 0. The van der Waals surface area contributed by atoms with Crippen LogP contribution in [0.3, 0.4) is 0 Å². The summed E-state index contributed by atoms with van der Waals surface area (Å²) in [5.74, 6) is 2.51. The van der Waals surface area contributed by atoms with Gasteiger partial charge < -0.3 is 4.74 Å². The molecule has 0 saturated carbocycles. The molecule has 0 saturated heterocycles. The summed E-state index contributed by atoms with van der Waals surface area (Å²) < 4.78 is 17.1. The Kier molecular flexibility index (Phi) is 6.45. The maximum Gasteiger partial charge on any atom is 0.119 e. The summed E-state index contributed by atoms with van der Waals surface area (Å²) >= 11 is 0. The average Bonchev–Trinajstić information content (AvgIpc) is 2.31. The van der Waals surface area contributed by atoms with Crippen LogP contribution in [0.25, 0.3) is 0 Å². The van der Waals surface area contributed by atoms with Crippen LogP contribution in [0.4, 0.5) is 0 Å². The molecule has 0 aromatic heterocycles. The van der Waals surface area contributed by atoms with Crippen LogP contribution in [0.2, 0.25) is 0 Å². The van der Waals surface area contributed by atoms with Gasteiger partial charge in [0.2, 0.25) is 0 Å². The lowest BCUT2D eigenvalue weighted by Crippen LogP contribution is -2.13. The fourth-order valence-corrected chi connectivity index (χ4v) is 2.68. The third kappa shape index (κ3) is 5.83. The summed E-state index contributed by atoms with van der Waals surface area (Å²) in [7, 11) is -0.799. The van der Waals surface area contributed by atoms with Crippen LogP contribution in [-0.4, -0.2) is 22.3 Å². The van der Waals surface area contributed by atoms with E-state index in [1.807, 2.05) is 24.3 Å². The Bertz CT molecular complexity index is 420. The van der Waals surface area contributed by atoms with E-state index in [0.717, 1.165) is 17.1 Å². The highest BCUT2D eigenvalue weighted by Crippen LogP contribution is 2.12. The van der Waals surface area contributed by atoms with Crippen molar-refractivity contribution in [3.63, 3.8) is 0 Å². The molecule has 0 radical (unpaired) electrons. The number of nitrogens with zero attached hydrogens (tertiary/aromatic N) is 1. The predicted octanol–water partition coefficient (Wildman–Crippen LogP) is 2.54. The minimum Gasteiger partial charge on any atom is -0.493 e. The highest BCUT2D eigenvalue weighted by Gasteiger charge is 2.03. The van der Waals surface area contributed by atoms with Crippen molar-refractivity contribution in [1.29, 1.82) is 5.26 Å². The van der Waals surface area contributed by atoms with Crippen molar-refractivity contribution in [2.75, 3.05) is 18.1 Å². The van der Waals surface area contributed by atoms with Gasteiger partial charge in [-0.05, 0) is 23.6 Å². The van der Waals surface area contributed by atoms with Crippen molar-refractivity contribution < 1.29 is 8.95 Å². The van der Waals surface area contributed by atoms with Gasteiger partial charge >= 0.3 is 0 Å². The molecule has 18 heavy (non-hydrogen) atoms. The van der Waals surface area contributed by atoms with Crippen LogP contribution < -0.4 is 4.74 Å². The third-order valence-electron chi connectivity index (χ3n) is 2.31. The van der Waals surface area contributed by atoms with Crippen molar-refractivity contribution in [3.05, 3.63) is 29.8 Å². The zero-order valence-corrected chi connectivity index (χ0v) is 11.7. The maximum atomic E-state index is 11.6. The number of hydrogen-bond acceptors (Lipinski definition) is 3. The molecule has 3 nitrogen and oxygen atoms in total. The van der Waals surface area contributed by atoms with Gasteiger partial charge in [0.1, 0.15) is 5.75 Å². The Morgan fingerprint density at radius 2 is 2.00 bits per heavy atom. The fourth-order valence-electron chi connectivity index (χ4n) is 1.50. The van der Waals surface area contributed by atoms with Gasteiger partial charge in [0.25, 0.3) is 0 Å². The molecule has 98 valence electrons. The van der Waals surface area contributed by atoms with Crippen molar-refractivity contribution in [2.45, 2.75) is 20.3 Å². The topological polar surface area (TPSA) is 50.1 Å². The van der Waals surface area contributed by atoms with E-state index in [4.69, 9.17) is 10.00 Å². The standard InChI is InChI=1S/C14H19NO2S/c1-12(2)11-18(16)10-9-17-14-5-3-13(4-6-14)7-8-15/h3-6,12H,7,9-11H2,1-2H3. The van der Waals surface area contributed by atoms with Crippen LogP contribution in [0.5, 0.6) is 5.75 Å². The van der Waals surface area contributed by atoms with Crippen LogP contribution in [0, 0.1) is 17.2 Å². The molecule has 0 aliphatic carbocycles. The number of ether oxygens (including phenoxy) is 1. The summed E-state index contributed by atoms with van der Waals surface area (Å²) in [6, 6.07) is 9.55. The van der Waals surface area contributed by atoms with E-state index < -0.39 is 10.8 Å². The van der Waals surface area contributed by atoms with E-state index in [-0.39, 0.29) is 0 Å². The first-order chi connectivity index (χ1) is 8.61. The average molecular weight is 265 g/mol. The minimum atomic E-state index is -0.799. The highest BCUT2D eigenvalue weighted by molar-refractivity contribution is 7.85. The molecular formula is C14H19NO2S. The smallest absolute Gasteiger partial charge is 0.119 e. The Hall–Kier alpha value is -1.34. The molecule has 0 fully saturated rings. The second-order valence-electron chi connectivity index (χ2n) is 4.53. The third-order valence-corrected chi connectivity index (χ3v) is 3.97. The SMILES string of the molecule is CC(C)CS(=O)CCOc1ccc(CC#N)cc1. The molecule has 4 heteroatoms. The Morgan fingerprint density at radius 1 is 1.33 bits per heavy atom. The zero-order valence-electron chi connectivity index (χ0n) is 10.9. The van der Waals surface area contributed by atoms with Gasteiger partial charge in [-0.1, -0.05) is 26.0 Å². The molecule has 0 heterocycles. The predicted molar refractivity (Wildman–Crippen MR) is 74.0 cm³/mol. The van der Waals surface area contributed by atoms with Gasteiger partial charge in [-0.2, -0.15) is 5.26 Å². The zero-order chi connectivity index (χ0) is 13.4. The van der Waals surface area contributed by atoms with Crippen molar-refractivity contribution >= 4 is 10.8 Å². The molecule has 0 N–H and O–H groups in total. The highest BCUT2D eigenvalue weighted by atomic mass is 32.2. The lowest BCUT2D eigenvalue weighted by molar-refractivity contribution is 0.342. The fraction of sp³-hybridized carbons (Fsp3) is 0.500. The van der Waals surface area contributed by atoms with E-state index in [2.05, 4.69) is 19.9 Å². The first kappa shape index (κ1) is 14.7. The molecule has 0 spiro atoms. The quantitative estimate of drug-likeness (QED) is 0.761. The van der Waals surface area contributed by atoms with E-state index in [0.29, 0.717) is 24.7 Å². The number of nitriles is 1. The number of hydrogen-bond donors (Lipinski definition) is 0. The van der Waals surface area contributed by atoms with Gasteiger partial charge in [-0.3, -0.25) is 4.21 Å². The summed E-state index contributed by atoms with van der Waals surface area (Å²) in [5, 5.41) is 8.55. The molecular weight excluding hydrogens is 246 g/mol. The summed E-state index contributed by atoms with van der Waals surface area (Å²) in [5.41, 5.74) is 0.980. The lowest BCUT2D eigenvalue weighted by Gasteiger charge is -2.07. The lowest BCUT2D eigenvalue weighted by atomic mass is 10.2. The molecule has 1 aromatic rings. The van der Waals surface area contributed by atoms with Gasteiger partial charge in [0, 0.05) is 16.6 Å². The van der Waals surface area contributed by atoms with E-state index in [9.17, 15) is 4.21 Å². The number of benzene rings is 1. The van der Waals surface area contributed by atoms with E-state index >= 15 is 0 Å². The van der Waals surface area contributed by atoms with Gasteiger partial charge in [-0.15, -0.1) is 0 Å². The van der Waals surface area contributed by atoms with Crippen LogP contribution in [-0.2, 0) is 17.2 Å². The van der Waals surface area contributed by atoms with Crippen molar-refractivity contribution in [1.82, 2.24) is 0 Å². The molecule has 0 bridgehead atoms. The van der Waals surface area contributed by atoms with Gasteiger partial charge in [0.05, 0.1) is 24.8 Å². The van der Waals surface area contributed by atoms with Crippen molar-refractivity contribution in [3.8, 4) is 11.8 Å². The molecule has 1 rings (SSSR count). The second-order valence-corrected chi connectivity index (χ2v) is 6.15. The summed E-state index contributed by atoms with van der Waals surface area (Å²) in [6.07, 6.45) is 0.415. The minimum absolute atomic E-state index is 0.415.